The lowest BCUT2D eigenvalue weighted by molar-refractivity contribution is -0.140. The maximum absolute atomic E-state index is 11.5. The van der Waals surface area contributed by atoms with Crippen LogP contribution in [0, 0.1) is 0 Å². The lowest BCUT2D eigenvalue weighted by Gasteiger charge is -2.04. The highest BCUT2D eigenvalue weighted by Crippen LogP contribution is 2.12. The van der Waals surface area contributed by atoms with Gasteiger partial charge in [-0.25, -0.2) is 9.59 Å². The first-order valence-electron chi connectivity index (χ1n) is 11.8. The van der Waals surface area contributed by atoms with Crippen molar-refractivity contribution in [3.05, 3.63) is 12.2 Å². The van der Waals surface area contributed by atoms with Crippen molar-refractivity contribution in [3.63, 3.8) is 0 Å². The third-order valence-corrected chi connectivity index (χ3v) is 5.69. The van der Waals surface area contributed by atoms with Crippen molar-refractivity contribution in [1.82, 2.24) is 0 Å². The topological polar surface area (TPSA) is 107 Å². The number of rotatable bonds is 21. The van der Waals surface area contributed by atoms with E-state index in [1.807, 2.05) is 0 Å². The highest BCUT2D eigenvalue weighted by atomic mass is 32.2. The monoisotopic (exact) mass is 462 g/mol. The van der Waals surface area contributed by atoms with Crippen LogP contribution in [0.5, 0.6) is 0 Å². The molecule has 0 spiro atoms. The molecule has 8 heteroatoms. The second kappa shape index (κ2) is 20.5. The first kappa shape index (κ1) is 29.6. The quantitative estimate of drug-likeness (QED) is 0.105. The molecule has 0 bridgehead atoms. The molecule has 0 aliphatic carbocycles. The standard InChI is InChI=1S/C23H42O7S/c1-2-3-4-5-6-7-8-9-10-11-12-13-14-15-19-29-22(24)17-18-23(25)30-20-16-21-31(26,27)28/h17-18H,2-16,19-21H2,1H3,(H,26,27,28)/b18-17+. The van der Waals surface area contributed by atoms with E-state index < -0.39 is 27.8 Å². The number of hydrogen-bond donors (Lipinski definition) is 1. The Morgan fingerprint density at radius 2 is 1.00 bits per heavy atom. The maximum atomic E-state index is 11.5. The molecule has 0 saturated heterocycles. The van der Waals surface area contributed by atoms with Gasteiger partial charge in [0.05, 0.1) is 19.0 Å². The largest absolute Gasteiger partial charge is 0.463 e. The minimum Gasteiger partial charge on any atom is -0.463 e. The van der Waals surface area contributed by atoms with Gasteiger partial charge in [0.2, 0.25) is 0 Å². The average molecular weight is 463 g/mol. The lowest BCUT2D eigenvalue weighted by atomic mass is 10.0. The molecule has 0 atom stereocenters. The SMILES string of the molecule is CCCCCCCCCCCCCCCCOC(=O)/C=C/C(=O)OCCCS(=O)(=O)O. The van der Waals surface area contributed by atoms with Crippen molar-refractivity contribution in [2.75, 3.05) is 19.0 Å². The van der Waals surface area contributed by atoms with Gasteiger partial charge in [-0.1, -0.05) is 90.4 Å². The number of esters is 2. The molecule has 0 heterocycles. The second-order valence-electron chi connectivity index (χ2n) is 7.90. The van der Waals surface area contributed by atoms with Crippen molar-refractivity contribution in [2.24, 2.45) is 0 Å². The summed E-state index contributed by atoms with van der Waals surface area (Å²) in [5.41, 5.74) is 0. The van der Waals surface area contributed by atoms with Crippen LogP contribution in [0.3, 0.4) is 0 Å². The fraction of sp³-hybridized carbons (Fsp3) is 0.826. The number of carbonyl (C=O) groups is 2. The smallest absolute Gasteiger partial charge is 0.331 e. The Labute approximate surface area is 188 Å². The summed E-state index contributed by atoms with van der Waals surface area (Å²) in [6, 6.07) is 0. The van der Waals surface area contributed by atoms with E-state index in [2.05, 4.69) is 6.92 Å². The fourth-order valence-electron chi connectivity index (χ4n) is 3.12. The van der Waals surface area contributed by atoms with Crippen molar-refractivity contribution in [2.45, 2.75) is 103 Å². The zero-order valence-electron chi connectivity index (χ0n) is 19.2. The normalized spacial score (nSPS) is 11.7. The molecule has 0 aromatic carbocycles. The molecule has 0 unspecified atom stereocenters. The first-order valence-corrected chi connectivity index (χ1v) is 13.4. The van der Waals surface area contributed by atoms with Gasteiger partial charge in [0, 0.05) is 12.2 Å². The summed E-state index contributed by atoms with van der Waals surface area (Å²) in [7, 11) is -4.06. The minimum absolute atomic E-state index is 0.0119. The highest BCUT2D eigenvalue weighted by molar-refractivity contribution is 7.85. The van der Waals surface area contributed by atoms with Crippen molar-refractivity contribution >= 4 is 22.1 Å². The second-order valence-corrected chi connectivity index (χ2v) is 9.48. The molecule has 0 radical (unpaired) electrons. The lowest BCUT2D eigenvalue weighted by Crippen LogP contribution is -2.10. The van der Waals surface area contributed by atoms with Crippen LogP contribution in [0.2, 0.25) is 0 Å². The number of ether oxygens (including phenoxy) is 2. The van der Waals surface area contributed by atoms with Gasteiger partial charge in [0.25, 0.3) is 10.1 Å². The van der Waals surface area contributed by atoms with Gasteiger partial charge in [-0.15, -0.1) is 0 Å². The Morgan fingerprint density at radius 3 is 1.39 bits per heavy atom. The molecule has 182 valence electrons. The van der Waals surface area contributed by atoms with E-state index in [9.17, 15) is 18.0 Å². The van der Waals surface area contributed by atoms with Gasteiger partial charge < -0.3 is 9.47 Å². The summed E-state index contributed by atoms with van der Waals surface area (Å²) in [6.07, 6.45) is 19.6. The van der Waals surface area contributed by atoms with Crippen molar-refractivity contribution < 1.29 is 32.0 Å². The molecule has 0 aromatic heterocycles. The molecule has 0 saturated carbocycles. The molecule has 31 heavy (non-hydrogen) atoms. The van der Waals surface area contributed by atoms with Crippen LogP contribution in [-0.4, -0.2) is 43.9 Å². The number of carbonyl (C=O) groups excluding carboxylic acids is 2. The Morgan fingerprint density at radius 1 is 0.645 bits per heavy atom. The summed E-state index contributed by atoms with van der Waals surface area (Å²) in [5, 5.41) is 0. The average Bonchev–Trinajstić information content (AvgIpc) is 2.71. The van der Waals surface area contributed by atoms with Crippen LogP contribution < -0.4 is 0 Å². The molecule has 0 fully saturated rings. The summed E-state index contributed by atoms with van der Waals surface area (Å²) < 4.78 is 39.3. The summed E-state index contributed by atoms with van der Waals surface area (Å²) >= 11 is 0. The third kappa shape index (κ3) is 24.7. The Bertz CT molecular complexity index is 585. The van der Waals surface area contributed by atoms with E-state index in [-0.39, 0.29) is 13.0 Å². The van der Waals surface area contributed by atoms with E-state index in [0.29, 0.717) is 6.61 Å². The van der Waals surface area contributed by atoms with Crippen molar-refractivity contribution in [3.8, 4) is 0 Å². The predicted octanol–water partition coefficient (Wildman–Crippen LogP) is 5.39. The van der Waals surface area contributed by atoms with Gasteiger partial charge in [-0.3, -0.25) is 4.55 Å². The molecule has 0 aromatic rings. The van der Waals surface area contributed by atoms with Crippen molar-refractivity contribution in [1.29, 1.82) is 0 Å². The Hall–Kier alpha value is -1.41. The summed E-state index contributed by atoms with van der Waals surface area (Å²) in [6.45, 7) is 2.41. The van der Waals surface area contributed by atoms with Crippen LogP contribution >= 0.6 is 0 Å². The first-order chi connectivity index (χ1) is 14.8. The van der Waals surface area contributed by atoms with Gasteiger partial charge >= 0.3 is 11.9 Å². The summed E-state index contributed by atoms with van der Waals surface area (Å²) in [4.78, 5) is 22.9. The number of hydrogen-bond acceptors (Lipinski definition) is 6. The van der Waals surface area contributed by atoms with Gasteiger partial charge in [-0.05, 0) is 12.8 Å². The molecule has 0 aliphatic heterocycles. The zero-order chi connectivity index (χ0) is 23.2. The molecule has 0 aliphatic rings. The molecule has 0 rings (SSSR count). The molecular weight excluding hydrogens is 420 g/mol. The maximum Gasteiger partial charge on any atom is 0.331 e. The van der Waals surface area contributed by atoms with Crippen LogP contribution in [0.25, 0.3) is 0 Å². The summed E-state index contributed by atoms with van der Waals surface area (Å²) in [5.74, 6) is -1.85. The van der Waals surface area contributed by atoms with Crippen LogP contribution in [-0.2, 0) is 29.2 Å². The number of unbranched alkanes of at least 4 members (excludes halogenated alkanes) is 13. The fourth-order valence-corrected chi connectivity index (χ4v) is 3.60. The van der Waals surface area contributed by atoms with E-state index >= 15 is 0 Å². The zero-order valence-corrected chi connectivity index (χ0v) is 20.0. The van der Waals surface area contributed by atoms with Crippen LogP contribution in [0.1, 0.15) is 103 Å². The van der Waals surface area contributed by atoms with Gasteiger partial charge in [0.15, 0.2) is 0 Å². The van der Waals surface area contributed by atoms with E-state index in [1.54, 1.807) is 0 Å². The highest BCUT2D eigenvalue weighted by Gasteiger charge is 2.05. The van der Waals surface area contributed by atoms with Crippen LogP contribution in [0.15, 0.2) is 12.2 Å². The molecular formula is C23H42O7S. The molecule has 0 amide bonds. The van der Waals surface area contributed by atoms with E-state index in [4.69, 9.17) is 14.0 Å². The Balaban J connectivity index is 3.42. The van der Waals surface area contributed by atoms with Gasteiger partial charge in [0.1, 0.15) is 0 Å². The molecule has 7 nitrogen and oxygen atoms in total. The van der Waals surface area contributed by atoms with E-state index in [1.165, 1.54) is 70.6 Å². The molecule has 1 N–H and O–H groups in total. The third-order valence-electron chi connectivity index (χ3n) is 4.89. The van der Waals surface area contributed by atoms with Gasteiger partial charge in [-0.2, -0.15) is 8.42 Å². The minimum atomic E-state index is -4.06. The van der Waals surface area contributed by atoms with Crippen LogP contribution in [0.4, 0.5) is 0 Å². The Kier molecular flexibility index (Phi) is 19.6. The predicted molar refractivity (Wildman–Crippen MR) is 122 cm³/mol. The van der Waals surface area contributed by atoms with E-state index in [0.717, 1.165) is 31.4 Å².